The number of hydrogen-bond acceptors (Lipinski definition) is 3. The van der Waals surface area contributed by atoms with E-state index in [0.717, 1.165) is 34.0 Å². The summed E-state index contributed by atoms with van der Waals surface area (Å²) in [6.45, 7) is 2.76. The van der Waals surface area contributed by atoms with Gasteiger partial charge in [-0.1, -0.05) is 79.3 Å². The molecule has 0 aliphatic heterocycles. The molecule has 0 bridgehead atoms. The van der Waals surface area contributed by atoms with Gasteiger partial charge >= 0.3 is 0 Å². The minimum absolute atomic E-state index is 0.0343. The number of aryl methyl sites for hydroxylation is 1. The van der Waals surface area contributed by atoms with Crippen LogP contribution in [0.3, 0.4) is 0 Å². The quantitative estimate of drug-likeness (QED) is 0.340. The molecule has 0 N–H and O–H groups in total. The number of thioether (sulfide) groups is 1. The summed E-state index contributed by atoms with van der Waals surface area (Å²) in [4.78, 5) is 18.3. The number of hydrogen-bond donors (Lipinski definition) is 0. The highest BCUT2D eigenvalue weighted by Crippen LogP contribution is 2.30. The van der Waals surface area contributed by atoms with Gasteiger partial charge < -0.3 is 4.57 Å². The van der Waals surface area contributed by atoms with E-state index < -0.39 is 0 Å². The van der Waals surface area contributed by atoms with Crippen molar-refractivity contribution in [3.8, 4) is 11.1 Å². The third kappa shape index (κ3) is 3.50. The van der Waals surface area contributed by atoms with E-state index in [0.29, 0.717) is 12.1 Å². The van der Waals surface area contributed by atoms with Crippen LogP contribution < -0.4 is 5.56 Å². The average molecular weight is 390 g/mol. The highest BCUT2D eigenvalue weighted by molar-refractivity contribution is 7.98. The summed E-state index contributed by atoms with van der Waals surface area (Å²) >= 11 is 1.62. The number of rotatable bonds is 6. The Morgan fingerprint density at radius 2 is 1.68 bits per heavy atom. The van der Waals surface area contributed by atoms with Crippen LogP contribution in [0.25, 0.3) is 22.2 Å². The predicted molar refractivity (Wildman–Crippen MR) is 117 cm³/mol. The molecule has 0 aliphatic carbocycles. The van der Waals surface area contributed by atoms with Gasteiger partial charge in [0.2, 0.25) is 0 Å². The predicted octanol–water partition coefficient (Wildman–Crippen LogP) is 5.10. The minimum Gasteiger partial charge on any atom is -0.344 e. The van der Waals surface area contributed by atoms with Gasteiger partial charge in [-0.3, -0.25) is 9.36 Å². The van der Waals surface area contributed by atoms with Crippen LogP contribution in [0.1, 0.15) is 18.9 Å². The normalized spacial score (nSPS) is 11.2. The van der Waals surface area contributed by atoms with Gasteiger partial charge in [-0.15, -0.1) is 0 Å². The number of benzene rings is 2. The lowest BCUT2D eigenvalue weighted by atomic mass is 10.1. The van der Waals surface area contributed by atoms with E-state index >= 15 is 0 Å². The Kier molecular flexibility index (Phi) is 5.35. The third-order valence-corrected chi connectivity index (χ3v) is 5.83. The van der Waals surface area contributed by atoms with Crippen LogP contribution in [-0.2, 0) is 19.3 Å². The molecule has 0 saturated carbocycles. The topological polar surface area (TPSA) is 39.8 Å². The molecule has 0 fully saturated rings. The van der Waals surface area contributed by atoms with Crippen molar-refractivity contribution in [3.63, 3.8) is 0 Å². The molecular formula is C23H23N3OS. The van der Waals surface area contributed by atoms with Crippen LogP contribution in [0.15, 0.2) is 76.8 Å². The van der Waals surface area contributed by atoms with Crippen molar-refractivity contribution >= 4 is 22.8 Å². The first-order chi connectivity index (χ1) is 13.7. The molecule has 142 valence electrons. The summed E-state index contributed by atoms with van der Waals surface area (Å²) < 4.78 is 3.73. The lowest BCUT2D eigenvalue weighted by Crippen LogP contribution is -2.24. The first-order valence-electron chi connectivity index (χ1n) is 9.51. The van der Waals surface area contributed by atoms with E-state index in [1.807, 2.05) is 58.8 Å². The zero-order chi connectivity index (χ0) is 19.5. The Labute approximate surface area is 168 Å². The molecule has 28 heavy (non-hydrogen) atoms. The van der Waals surface area contributed by atoms with Crippen LogP contribution in [0.2, 0.25) is 0 Å². The molecule has 0 spiro atoms. The van der Waals surface area contributed by atoms with E-state index in [4.69, 9.17) is 4.98 Å². The maximum atomic E-state index is 13.3. The summed E-state index contributed by atoms with van der Waals surface area (Å²) in [7, 11) is 1.92. The molecule has 4 nitrogen and oxygen atoms in total. The van der Waals surface area contributed by atoms with Crippen LogP contribution in [0.5, 0.6) is 0 Å². The standard InChI is InChI=1S/C23H23N3OS/c1-3-14-26-22(27)21-20(19(15-25(21)2)18-12-8-5-9-13-18)24-23(26)28-16-17-10-6-4-7-11-17/h4-13,15H,3,14,16H2,1-2H3. The van der Waals surface area contributed by atoms with Crippen molar-refractivity contribution < 1.29 is 0 Å². The van der Waals surface area contributed by atoms with Gasteiger partial charge in [0.05, 0.1) is 0 Å². The lowest BCUT2D eigenvalue weighted by molar-refractivity contribution is 0.582. The summed E-state index contributed by atoms with van der Waals surface area (Å²) in [5.41, 5.74) is 4.78. The number of nitrogens with zero attached hydrogens (tertiary/aromatic N) is 3. The van der Waals surface area contributed by atoms with Gasteiger partial charge in [0.15, 0.2) is 5.16 Å². The van der Waals surface area contributed by atoms with Crippen LogP contribution in [0.4, 0.5) is 0 Å². The average Bonchev–Trinajstić information content (AvgIpc) is 3.07. The third-order valence-electron chi connectivity index (χ3n) is 4.78. The van der Waals surface area contributed by atoms with Gasteiger partial charge in [-0.25, -0.2) is 4.98 Å². The Morgan fingerprint density at radius 1 is 1.00 bits per heavy atom. The van der Waals surface area contributed by atoms with Gasteiger partial charge in [-0.05, 0) is 17.5 Å². The smallest absolute Gasteiger partial charge is 0.278 e. The van der Waals surface area contributed by atoms with E-state index in [1.54, 1.807) is 11.8 Å². The molecule has 0 atom stereocenters. The maximum absolute atomic E-state index is 13.3. The maximum Gasteiger partial charge on any atom is 0.278 e. The molecular weight excluding hydrogens is 366 g/mol. The Morgan fingerprint density at radius 3 is 2.36 bits per heavy atom. The van der Waals surface area contributed by atoms with Crippen LogP contribution in [-0.4, -0.2) is 14.1 Å². The zero-order valence-electron chi connectivity index (χ0n) is 16.1. The fourth-order valence-electron chi connectivity index (χ4n) is 3.43. The molecule has 2 aromatic heterocycles. The highest BCUT2D eigenvalue weighted by atomic mass is 32.2. The monoisotopic (exact) mass is 389 g/mol. The van der Waals surface area contributed by atoms with E-state index in [1.165, 1.54) is 5.56 Å². The lowest BCUT2D eigenvalue weighted by Gasteiger charge is -2.12. The van der Waals surface area contributed by atoms with Crippen molar-refractivity contribution in [2.75, 3.05) is 0 Å². The largest absolute Gasteiger partial charge is 0.344 e. The highest BCUT2D eigenvalue weighted by Gasteiger charge is 2.18. The van der Waals surface area contributed by atoms with Crippen molar-refractivity contribution in [1.29, 1.82) is 0 Å². The molecule has 0 amide bonds. The molecule has 0 unspecified atom stereocenters. The molecule has 4 rings (SSSR count). The summed E-state index contributed by atoms with van der Waals surface area (Å²) in [5.74, 6) is 0.788. The molecule has 0 saturated heterocycles. The molecule has 2 aromatic carbocycles. The zero-order valence-corrected chi connectivity index (χ0v) is 16.9. The first-order valence-corrected chi connectivity index (χ1v) is 10.5. The van der Waals surface area contributed by atoms with Gasteiger partial charge in [0, 0.05) is 31.1 Å². The Hall–Kier alpha value is -2.79. The van der Waals surface area contributed by atoms with E-state index in [-0.39, 0.29) is 5.56 Å². The SMILES string of the molecule is CCCn1c(SCc2ccccc2)nc2c(-c3ccccc3)cn(C)c2c1=O. The second-order valence-electron chi connectivity index (χ2n) is 6.84. The fourth-order valence-corrected chi connectivity index (χ4v) is 4.41. The van der Waals surface area contributed by atoms with E-state index in [2.05, 4.69) is 31.2 Å². The molecule has 2 heterocycles. The van der Waals surface area contributed by atoms with Gasteiger partial charge in [0.25, 0.3) is 5.56 Å². The van der Waals surface area contributed by atoms with Crippen molar-refractivity contribution in [2.24, 2.45) is 7.05 Å². The molecule has 0 radical (unpaired) electrons. The van der Waals surface area contributed by atoms with Crippen LogP contribution >= 0.6 is 11.8 Å². The molecule has 0 aliphatic rings. The summed E-state index contributed by atoms with van der Waals surface area (Å²) in [6, 6.07) is 20.4. The summed E-state index contributed by atoms with van der Waals surface area (Å²) in [6.07, 6.45) is 2.90. The van der Waals surface area contributed by atoms with Crippen molar-refractivity contribution in [2.45, 2.75) is 30.8 Å². The first kappa shape index (κ1) is 18.6. The molecule has 5 heteroatoms. The number of aromatic nitrogens is 3. The Bertz CT molecular complexity index is 1150. The van der Waals surface area contributed by atoms with Gasteiger partial charge in [0.1, 0.15) is 11.0 Å². The van der Waals surface area contributed by atoms with Crippen LogP contribution in [0, 0.1) is 0 Å². The van der Waals surface area contributed by atoms with E-state index in [9.17, 15) is 4.79 Å². The fraction of sp³-hybridized carbons (Fsp3) is 0.217. The van der Waals surface area contributed by atoms with Crippen molar-refractivity contribution in [1.82, 2.24) is 14.1 Å². The second kappa shape index (κ2) is 8.07. The summed E-state index contributed by atoms with van der Waals surface area (Å²) in [5, 5.41) is 0.784. The Balaban J connectivity index is 1.85. The second-order valence-corrected chi connectivity index (χ2v) is 7.78. The molecule has 4 aromatic rings. The minimum atomic E-state index is 0.0343. The van der Waals surface area contributed by atoms with Gasteiger partial charge in [-0.2, -0.15) is 0 Å². The number of fused-ring (bicyclic) bond motifs is 1. The van der Waals surface area contributed by atoms with Crippen molar-refractivity contribution in [3.05, 3.63) is 82.8 Å².